The zero-order chi connectivity index (χ0) is 11.3. The highest BCUT2D eigenvalue weighted by Gasteiger charge is 2.06. The van der Waals surface area contributed by atoms with Gasteiger partial charge >= 0.3 is 0 Å². The quantitative estimate of drug-likeness (QED) is 0.874. The number of nitrogens with two attached hydrogens (primary N) is 1. The molecular weight excluding hydrogens is 220 g/mol. The largest absolute Gasteiger partial charge is 0.324 e. The second kappa shape index (κ2) is 7.27. The molecule has 0 aromatic heterocycles. The maximum atomic E-state index is 8.66. The minimum atomic E-state index is 0. The zero-order valence-electron chi connectivity index (χ0n) is 9.81. The Morgan fingerprint density at radius 3 is 2.19 bits per heavy atom. The lowest BCUT2D eigenvalue weighted by molar-refractivity contribution is 0.507. The van der Waals surface area contributed by atoms with Gasteiger partial charge in [-0.3, -0.25) is 0 Å². The summed E-state index contributed by atoms with van der Waals surface area (Å²) in [6.45, 7) is 4.40. The standard InChI is InChI=1S/C13H18N2.ClH/c1-10(2)3-8-13(15)12-6-4-11(9-14)5-7-12;/h4-7,10,13H,3,8,15H2,1-2H3;1H/t13-;/m0./s1. The van der Waals surface area contributed by atoms with Crippen molar-refractivity contribution in [1.29, 1.82) is 5.26 Å². The second-order valence-electron chi connectivity index (χ2n) is 4.31. The number of halogens is 1. The summed E-state index contributed by atoms with van der Waals surface area (Å²) < 4.78 is 0. The van der Waals surface area contributed by atoms with Gasteiger partial charge in [0.2, 0.25) is 0 Å². The van der Waals surface area contributed by atoms with Crippen LogP contribution in [0, 0.1) is 17.2 Å². The molecule has 0 aliphatic heterocycles. The Morgan fingerprint density at radius 1 is 1.19 bits per heavy atom. The summed E-state index contributed by atoms with van der Waals surface area (Å²) >= 11 is 0. The van der Waals surface area contributed by atoms with Crippen LogP contribution >= 0.6 is 12.4 Å². The average Bonchev–Trinajstić information content (AvgIpc) is 2.26. The molecule has 3 heteroatoms. The maximum absolute atomic E-state index is 8.66. The molecule has 0 bridgehead atoms. The fraction of sp³-hybridized carbons (Fsp3) is 0.462. The molecule has 0 radical (unpaired) electrons. The number of benzene rings is 1. The van der Waals surface area contributed by atoms with E-state index in [1.54, 1.807) is 0 Å². The van der Waals surface area contributed by atoms with Crippen molar-refractivity contribution in [3.05, 3.63) is 35.4 Å². The van der Waals surface area contributed by atoms with Gasteiger partial charge in [0.1, 0.15) is 0 Å². The van der Waals surface area contributed by atoms with E-state index in [1.807, 2.05) is 24.3 Å². The van der Waals surface area contributed by atoms with Crippen molar-refractivity contribution in [3.63, 3.8) is 0 Å². The first kappa shape index (κ1) is 15.0. The Kier molecular flexibility index (Phi) is 6.80. The number of nitriles is 1. The van der Waals surface area contributed by atoms with E-state index >= 15 is 0 Å². The molecule has 16 heavy (non-hydrogen) atoms. The third-order valence-corrected chi connectivity index (χ3v) is 2.52. The average molecular weight is 239 g/mol. The molecule has 1 aromatic carbocycles. The Labute approximate surface area is 104 Å². The first-order valence-electron chi connectivity index (χ1n) is 5.39. The van der Waals surface area contributed by atoms with Crippen molar-refractivity contribution in [2.24, 2.45) is 11.7 Å². The maximum Gasteiger partial charge on any atom is 0.0991 e. The van der Waals surface area contributed by atoms with Gasteiger partial charge in [-0.15, -0.1) is 12.4 Å². The fourth-order valence-corrected chi connectivity index (χ4v) is 1.48. The van der Waals surface area contributed by atoms with Gasteiger partial charge in [-0.25, -0.2) is 0 Å². The summed E-state index contributed by atoms with van der Waals surface area (Å²) in [5.74, 6) is 0.689. The van der Waals surface area contributed by atoms with E-state index in [2.05, 4.69) is 19.9 Å². The van der Waals surface area contributed by atoms with Crippen LogP contribution in [0.25, 0.3) is 0 Å². The lowest BCUT2D eigenvalue weighted by Crippen LogP contribution is -2.11. The molecule has 0 heterocycles. The molecule has 0 unspecified atom stereocenters. The summed E-state index contributed by atoms with van der Waals surface area (Å²) in [4.78, 5) is 0. The number of rotatable bonds is 4. The lowest BCUT2D eigenvalue weighted by atomic mass is 9.98. The van der Waals surface area contributed by atoms with Crippen LogP contribution in [0.15, 0.2) is 24.3 Å². The van der Waals surface area contributed by atoms with Gasteiger partial charge in [0, 0.05) is 6.04 Å². The number of nitrogens with zero attached hydrogens (tertiary/aromatic N) is 1. The van der Waals surface area contributed by atoms with Crippen LogP contribution in [0.5, 0.6) is 0 Å². The van der Waals surface area contributed by atoms with Crippen LogP contribution in [-0.4, -0.2) is 0 Å². The van der Waals surface area contributed by atoms with Crippen LogP contribution in [0.1, 0.15) is 43.9 Å². The molecule has 0 saturated heterocycles. The van der Waals surface area contributed by atoms with Gasteiger partial charge in [0.15, 0.2) is 0 Å². The van der Waals surface area contributed by atoms with Gasteiger partial charge in [-0.05, 0) is 36.5 Å². The fourth-order valence-electron chi connectivity index (χ4n) is 1.48. The molecule has 0 aliphatic carbocycles. The molecule has 0 fully saturated rings. The normalized spacial score (nSPS) is 11.7. The minimum absolute atomic E-state index is 0. The molecule has 88 valence electrons. The molecular formula is C13H19ClN2. The summed E-state index contributed by atoms with van der Waals surface area (Å²) in [6.07, 6.45) is 2.14. The molecule has 0 amide bonds. The van der Waals surface area contributed by atoms with Gasteiger partial charge in [0.05, 0.1) is 11.6 Å². The van der Waals surface area contributed by atoms with Crippen LogP contribution in [0.3, 0.4) is 0 Å². The van der Waals surface area contributed by atoms with Gasteiger partial charge in [-0.1, -0.05) is 26.0 Å². The first-order chi connectivity index (χ1) is 7.13. The van der Waals surface area contributed by atoms with Gasteiger partial charge in [0.25, 0.3) is 0 Å². The Bertz CT molecular complexity index is 338. The molecule has 1 rings (SSSR count). The SMILES string of the molecule is CC(C)CC[C@H](N)c1ccc(C#N)cc1.Cl. The van der Waals surface area contributed by atoms with E-state index in [1.165, 1.54) is 0 Å². The minimum Gasteiger partial charge on any atom is -0.324 e. The predicted octanol–water partition coefficient (Wildman–Crippen LogP) is 3.42. The first-order valence-corrected chi connectivity index (χ1v) is 5.39. The van der Waals surface area contributed by atoms with Crippen LogP contribution in [0.4, 0.5) is 0 Å². The van der Waals surface area contributed by atoms with Crippen molar-refractivity contribution in [3.8, 4) is 6.07 Å². The highest BCUT2D eigenvalue weighted by Crippen LogP contribution is 2.18. The molecule has 1 aromatic rings. The second-order valence-corrected chi connectivity index (χ2v) is 4.31. The van der Waals surface area contributed by atoms with Crippen LogP contribution in [0.2, 0.25) is 0 Å². The highest BCUT2D eigenvalue weighted by atomic mass is 35.5. The molecule has 0 saturated carbocycles. The summed E-state index contributed by atoms with van der Waals surface area (Å²) in [6, 6.07) is 9.74. The van der Waals surface area contributed by atoms with Crippen molar-refractivity contribution in [1.82, 2.24) is 0 Å². The van der Waals surface area contributed by atoms with Crippen molar-refractivity contribution in [2.45, 2.75) is 32.7 Å². The molecule has 2 nitrogen and oxygen atoms in total. The Hall–Kier alpha value is -1.04. The molecule has 1 atom stereocenters. The highest BCUT2D eigenvalue weighted by molar-refractivity contribution is 5.85. The van der Waals surface area contributed by atoms with E-state index in [-0.39, 0.29) is 18.4 Å². The molecule has 0 spiro atoms. The van der Waals surface area contributed by atoms with Gasteiger partial charge in [-0.2, -0.15) is 5.26 Å². The van der Waals surface area contributed by atoms with E-state index in [0.29, 0.717) is 11.5 Å². The van der Waals surface area contributed by atoms with E-state index in [4.69, 9.17) is 11.0 Å². The smallest absolute Gasteiger partial charge is 0.0991 e. The van der Waals surface area contributed by atoms with Gasteiger partial charge < -0.3 is 5.73 Å². The van der Waals surface area contributed by atoms with Crippen LogP contribution < -0.4 is 5.73 Å². The number of hydrogen-bond acceptors (Lipinski definition) is 2. The van der Waals surface area contributed by atoms with Crippen molar-refractivity contribution >= 4 is 12.4 Å². The Morgan fingerprint density at radius 2 is 1.75 bits per heavy atom. The third kappa shape index (κ3) is 4.65. The zero-order valence-corrected chi connectivity index (χ0v) is 10.6. The summed E-state index contributed by atoms with van der Waals surface area (Å²) in [5.41, 5.74) is 7.86. The molecule has 0 aliphatic rings. The van der Waals surface area contributed by atoms with E-state index in [9.17, 15) is 0 Å². The monoisotopic (exact) mass is 238 g/mol. The predicted molar refractivity (Wildman–Crippen MR) is 69.4 cm³/mol. The van der Waals surface area contributed by atoms with E-state index in [0.717, 1.165) is 18.4 Å². The van der Waals surface area contributed by atoms with Crippen LogP contribution in [-0.2, 0) is 0 Å². The third-order valence-electron chi connectivity index (χ3n) is 2.52. The van der Waals surface area contributed by atoms with Crippen molar-refractivity contribution in [2.75, 3.05) is 0 Å². The molecule has 2 N–H and O–H groups in total. The number of hydrogen-bond donors (Lipinski definition) is 1. The lowest BCUT2D eigenvalue weighted by Gasteiger charge is -2.13. The topological polar surface area (TPSA) is 49.8 Å². The van der Waals surface area contributed by atoms with E-state index < -0.39 is 0 Å². The summed E-state index contributed by atoms with van der Waals surface area (Å²) in [5, 5.41) is 8.66. The summed E-state index contributed by atoms with van der Waals surface area (Å²) in [7, 11) is 0. The van der Waals surface area contributed by atoms with Crippen molar-refractivity contribution < 1.29 is 0 Å². The Balaban J connectivity index is 0.00000225.